The van der Waals surface area contributed by atoms with Gasteiger partial charge in [-0.2, -0.15) is 0 Å². The Morgan fingerprint density at radius 3 is 2.74 bits per heavy atom. The van der Waals surface area contributed by atoms with Crippen LogP contribution in [0.25, 0.3) is 21.8 Å². The van der Waals surface area contributed by atoms with Crippen molar-refractivity contribution in [3.05, 3.63) is 78.1 Å². The number of hydrogen-bond donors (Lipinski definition) is 3. The average Bonchev–Trinajstić information content (AvgIpc) is 3.10. The number of pyridine rings is 1. The summed E-state index contributed by atoms with van der Waals surface area (Å²) in [5.74, 6) is -0.959. The van der Waals surface area contributed by atoms with E-state index in [1.54, 1.807) is 6.07 Å². The van der Waals surface area contributed by atoms with E-state index < -0.39 is 11.9 Å². The zero-order chi connectivity index (χ0) is 18.8. The number of benzene rings is 2. The molecule has 2 aromatic heterocycles. The summed E-state index contributed by atoms with van der Waals surface area (Å²) in [7, 11) is 0. The summed E-state index contributed by atoms with van der Waals surface area (Å²) in [4.78, 5) is 32.0. The van der Waals surface area contributed by atoms with Crippen molar-refractivity contribution in [2.45, 2.75) is 12.5 Å². The molecular formula is C21H18N4O2. The van der Waals surface area contributed by atoms with Crippen LogP contribution in [0.15, 0.2) is 67.0 Å². The fraction of sp³-hybridized carbons (Fsp3) is 0.0952. The van der Waals surface area contributed by atoms with E-state index >= 15 is 0 Å². The molecule has 134 valence electrons. The van der Waals surface area contributed by atoms with E-state index in [0.717, 1.165) is 27.4 Å². The highest BCUT2D eigenvalue weighted by atomic mass is 16.2. The monoisotopic (exact) mass is 358 g/mol. The van der Waals surface area contributed by atoms with Gasteiger partial charge in [0, 0.05) is 35.1 Å². The number of H-pyrrole nitrogens is 1. The number of primary amides is 1. The molecule has 0 saturated heterocycles. The van der Waals surface area contributed by atoms with Crippen LogP contribution < -0.4 is 11.1 Å². The Bertz CT molecular complexity index is 1150. The minimum absolute atomic E-state index is 0.312. The Hall–Kier alpha value is -3.67. The maximum Gasteiger partial charge on any atom is 0.253 e. The van der Waals surface area contributed by atoms with Gasteiger partial charge in [-0.15, -0.1) is 0 Å². The van der Waals surface area contributed by atoms with Gasteiger partial charge >= 0.3 is 0 Å². The molecule has 6 nitrogen and oxygen atoms in total. The number of nitrogens with zero attached hydrogens (tertiary/aromatic N) is 1. The second-order valence-electron chi connectivity index (χ2n) is 6.41. The van der Waals surface area contributed by atoms with Gasteiger partial charge < -0.3 is 16.0 Å². The maximum absolute atomic E-state index is 12.6. The van der Waals surface area contributed by atoms with Crippen LogP contribution in [0.1, 0.15) is 15.9 Å². The van der Waals surface area contributed by atoms with Gasteiger partial charge in [0.15, 0.2) is 0 Å². The zero-order valence-electron chi connectivity index (χ0n) is 14.5. The molecule has 4 N–H and O–H groups in total. The van der Waals surface area contributed by atoms with Gasteiger partial charge in [0.2, 0.25) is 5.91 Å². The summed E-state index contributed by atoms with van der Waals surface area (Å²) < 4.78 is 0. The SMILES string of the molecule is NC(=O)[C@@H](Cc1c[nH]c2ccccc12)NC(=O)c1cnc2ccccc2c1. The Morgan fingerprint density at radius 1 is 1.11 bits per heavy atom. The number of carbonyl (C=O) groups excluding carboxylic acids is 2. The lowest BCUT2D eigenvalue weighted by Crippen LogP contribution is -2.45. The minimum atomic E-state index is -0.817. The molecule has 0 aliphatic heterocycles. The first-order valence-electron chi connectivity index (χ1n) is 8.62. The van der Waals surface area contributed by atoms with Crippen LogP contribution in [0.5, 0.6) is 0 Å². The molecule has 0 radical (unpaired) electrons. The van der Waals surface area contributed by atoms with Gasteiger partial charge in [0.05, 0.1) is 11.1 Å². The van der Waals surface area contributed by atoms with E-state index in [0.29, 0.717) is 12.0 Å². The van der Waals surface area contributed by atoms with E-state index in [4.69, 9.17) is 5.73 Å². The summed E-state index contributed by atoms with van der Waals surface area (Å²) in [6, 6.07) is 16.3. The fourth-order valence-electron chi connectivity index (χ4n) is 3.18. The van der Waals surface area contributed by atoms with Gasteiger partial charge in [-0.05, 0) is 23.8 Å². The summed E-state index contributed by atoms with van der Waals surface area (Å²) >= 11 is 0. The fourth-order valence-corrected chi connectivity index (χ4v) is 3.18. The molecule has 27 heavy (non-hydrogen) atoms. The highest BCUT2D eigenvalue weighted by Crippen LogP contribution is 2.19. The van der Waals surface area contributed by atoms with E-state index in [-0.39, 0.29) is 5.91 Å². The average molecular weight is 358 g/mol. The van der Waals surface area contributed by atoms with Crippen molar-refractivity contribution in [3.63, 3.8) is 0 Å². The third kappa shape index (κ3) is 3.37. The summed E-state index contributed by atoms with van der Waals surface area (Å²) in [6.07, 6.45) is 3.65. The quantitative estimate of drug-likeness (QED) is 0.511. The van der Waals surface area contributed by atoms with Crippen LogP contribution in [-0.2, 0) is 11.2 Å². The summed E-state index contributed by atoms with van der Waals surface area (Å²) in [5.41, 5.74) is 8.62. The first-order chi connectivity index (χ1) is 13.1. The van der Waals surface area contributed by atoms with E-state index in [1.807, 2.05) is 54.7 Å². The van der Waals surface area contributed by atoms with Crippen molar-refractivity contribution in [2.24, 2.45) is 5.73 Å². The molecule has 2 heterocycles. The topological polar surface area (TPSA) is 101 Å². The van der Waals surface area contributed by atoms with Crippen LogP contribution >= 0.6 is 0 Å². The predicted octanol–water partition coefficient (Wildman–Crippen LogP) is 2.54. The van der Waals surface area contributed by atoms with Crippen LogP contribution in [0.4, 0.5) is 0 Å². The van der Waals surface area contributed by atoms with Crippen molar-refractivity contribution < 1.29 is 9.59 Å². The van der Waals surface area contributed by atoms with Crippen molar-refractivity contribution in [3.8, 4) is 0 Å². The van der Waals surface area contributed by atoms with Gasteiger partial charge in [-0.25, -0.2) is 0 Å². The molecule has 0 spiro atoms. The van der Waals surface area contributed by atoms with Gasteiger partial charge in [0.25, 0.3) is 5.91 Å². The molecule has 0 aliphatic carbocycles. The molecular weight excluding hydrogens is 340 g/mol. The first kappa shape index (κ1) is 16.8. The Kier molecular flexibility index (Phi) is 4.30. The van der Waals surface area contributed by atoms with Gasteiger partial charge in [0.1, 0.15) is 6.04 Å². The van der Waals surface area contributed by atoms with Crippen molar-refractivity contribution >= 4 is 33.6 Å². The van der Waals surface area contributed by atoms with Gasteiger partial charge in [-0.1, -0.05) is 36.4 Å². The molecule has 4 aromatic rings. The zero-order valence-corrected chi connectivity index (χ0v) is 14.5. The number of nitrogens with two attached hydrogens (primary N) is 1. The normalized spacial score (nSPS) is 12.1. The van der Waals surface area contributed by atoms with Crippen molar-refractivity contribution in [2.75, 3.05) is 0 Å². The molecule has 6 heteroatoms. The molecule has 0 bridgehead atoms. The van der Waals surface area contributed by atoms with Crippen LogP contribution in [0, 0.1) is 0 Å². The van der Waals surface area contributed by atoms with Crippen LogP contribution in [-0.4, -0.2) is 27.8 Å². The summed E-state index contributed by atoms with van der Waals surface area (Å²) in [6.45, 7) is 0. The maximum atomic E-state index is 12.6. The number of aromatic nitrogens is 2. The number of nitrogens with one attached hydrogen (secondary N) is 2. The molecule has 0 saturated carbocycles. The number of para-hydroxylation sites is 2. The van der Waals surface area contributed by atoms with Crippen molar-refractivity contribution in [1.82, 2.24) is 15.3 Å². The second kappa shape index (κ2) is 6.92. The second-order valence-corrected chi connectivity index (χ2v) is 6.41. The standard InChI is InChI=1S/C21H18N4O2/c22-20(26)19(10-14-11-24-18-8-4-2-6-16(14)18)25-21(27)15-9-13-5-1-3-7-17(13)23-12-15/h1-9,11-12,19,24H,10H2,(H2,22,26)(H,25,27)/t19-/m1/s1. The largest absolute Gasteiger partial charge is 0.368 e. The summed E-state index contributed by atoms with van der Waals surface area (Å²) in [5, 5.41) is 4.60. The first-order valence-corrected chi connectivity index (χ1v) is 8.62. The molecule has 2 aromatic carbocycles. The number of fused-ring (bicyclic) bond motifs is 2. The Balaban J connectivity index is 1.57. The third-order valence-electron chi connectivity index (χ3n) is 4.60. The predicted molar refractivity (Wildman–Crippen MR) is 104 cm³/mol. The Morgan fingerprint density at radius 2 is 1.89 bits per heavy atom. The van der Waals surface area contributed by atoms with Gasteiger partial charge in [-0.3, -0.25) is 14.6 Å². The highest BCUT2D eigenvalue weighted by molar-refractivity contribution is 5.99. The molecule has 0 unspecified atom stereocenters. The number of carbonyl (C=O) groups is 2. The molecule has 1 atom stereocenters. The minimum Gasteiger partial charge on any atom is -0.368 e. The van der Waals surface area contributed by atoms with Crippen LogP contribution in [0.2, 0.25) is 0 Å². The number of rotatable bonds is 5. The molecule has 2 amide bonds. The number of amides is 2. The third-order valence-corrected chi connectivity index (χ3v) is 4.60. The number of hydrogen-bond acceptors (Lipinski definition) is 3. The lowest BCUT2D eigenvalue weighted by molar-refractivity contribution is -0.119. The number of aromatic amines is 1. The van der Waals surface area contributed by atoms with Crippen molar-refractivity contribution in [1.29, 1.82) is 0 Å². The molecule has 0 fully saturated rings. The Labute approximate surface area is 155 Å². The molecule has 0 aliphatic rings. The van der Waals surface area contributed by atoms with E-state index in [9.17, 15) is 9.59 Å². The lowest BCUT2D eigenvalue weighted by atomic mass is 10.0. The van der Waals surface area contributed by atoms with Crippen LogP contribution in [0.3, 0.4) is 0 Å². The van der Waals surface area contributed by atoms with E-state index in [2.05, 4.69) is 15.3 Å². The smallest absolute Gasteiger partial charge is 0.253 e. The molecule has 4 rings (SSSR count). The van der Waals surface area contributed by atoms with E-state index in [1.165, 1.54) is 6.20 Å². The lowest BCUT2D eigenvalue weighted by Gasteiger charge is -2.15. The highest BCUT2D eigenvalue weighted by Gasteiger charge is 2.21.